The number of hydrogen-bond donors (Lipinski definition) is 1. The molecule has 4 rings (SSSR count). The molecule has 0 unspecified atom stereocenters. The lowest BCUT2D eigenvalue weighted by Gasteiger charge is -2.34. The molecule has 0 aromatic heterocycles. The molecular weight excluding hydrogens is 323 g/mol. The molecule has 0 bridgehead atoms. The van der Waals surface area contributed by atoms with Crippen LogP contribution in [0.5, 0.6) is 0 Å². The van der Waals surface area contributed by atoms with Gasteiger partial charge in [0.25, 0.3) is 0 Å². The van der Waals surface area contributed by atoms with Crippen LogP contribution in [0.2, 0.25) is 0 Å². The molecule has 126 valence electrons. The second-order valence-electron chi connectivity index (χ2n) is 6.19. The van der Waals surface area contributed by atoms with Gasteiger partial charge in [0.15, 0.2) is 0 Å². The lowest BCUT2D eigenvalue weighted by atomic mass is 9.91. The van der Waals surface area contributed by atoms with Gasteiger partial charge in [-0.3, -0.25) is 4.90 Å². The van der Waals surface area contributed by atoms with Gasteiger partial charge in [0.1, 0.15) is 6.67 Å². The summed E-state index contributed by atoms with van der Waals surface area (Å²) in [4.78, 5) is 2.28. The van der Waals surface area contributed by atoms with Crippen LogP contribution in [-0.2, 0) is 0 Å². The fourth-order valence-electron chi connectivity index (χ4n) is 3.76. The van der Waals surface area contributed by atoms with E-state index in [1.165, 1.54) is 21.5 Å². The van der Waals surface area contributed by atoms with Gasteiger partial charge in [-0.1, -0.05) is 48.5 Å². The summed E-state index contributed by atoms with van der Waals surface area (Å²) in [6.45, 7) is 3.30. The molecule has 1 aliphatic heterocycles. The van der Waals surface area contributed by atoms with Crippen LogP contribution in [0, 0.1) is 0 Å². The van der Waals surface area contributed by atoms with Crippen LogP contribution >= 0.6 is 12.4 Å². The second-order valence-corrected chi connectivity index (χ2v) is 6.19. The Balaban J connectivity index is 0.00000169. The molecule has 1 aliphatic rings. The highest BCUT2D eigenvalue weighted by atomic mass is 35.5. The van der Waals surface area contributed by atoms with Gasteiger partial charge in [0, 0.05) is 26.2 Å². The molecule has 1 saturated heterocycles. The summed E-state index contributed by atoms with van der Waals surface area (Å²) in [6, 6.07) is 18.7. The predicted octanol–water partition coefficient (Wildman–Crippen LogP) is 4.33. The molecule has 0 spiro atoms. The van der Waals surface area contributed by atoms with E-state index in [0.717, 1.165) is 31.7 Å². The maximum Gasteiger partial charge on any atom is 0.109 e. The quantitative estimate of drug-likeness (QED) is 0.711. The van der Waals surface area contributed by atoms with Gasteiger partial charge >= 0.3 is 0 Å². The van der Waals surface area contributed by atoms with Gasteiger partial charge in [-0.15, -0.1) is 12.4 Å². The summed E-state index contributed by atoms with van der Waals surface area (Å²) in [5.41, 5.74) is 1.14. The molecule has 1 N–H and O–H groups in total. The van der Waals surface area contributed by atoms with Crippen molar-refractivity contribution in [2.75, 3.05) is 32.9 Å². The number of alkyl halides is 1. The molecule has 1 fully saturated rings. The second kappa shape index (κ2) is 7.47. The molecule has 3 aromatic rings. The smallest absolute Gasteiger partial charge is 0.109 e. The third-order valence-electron chi connectivity index (χ3n) is 4.88. The third kappa shape index (κ3) is 3.00. The zero-order valence-electron chi connectivity index (χ0n) is 13.5. The molecule has 1 atom stereocenters. The Kier molecular flexibility index (Phi) is 5.34. The topological polar surface area (TPSA) is 15.3 Å². The Morgan fingerprint density at radius 2 is 1.46 bits per heavy atom. The lowest BCUT2D eigenvalue weighted by molar-refractivity contribution is 0.149. The predicted molar refractivity (Wildman–Crippen MR) is 102 cm³/mol. The number of nitrogens with zero attached hydrogens (tertiary/aromatic N) is 1. The monoisotopic (exact) mass is 344 g/mol. The van der Waals surface area contributed by atoms with E-state index in [9.17, 15) is 4.39 Å². The number of halogens is 2. The average molecular weight is 345 g/mol. The molecular formula is C20H22ClFN2. The van der Waals surface area contributed by atoms with E-state index >= 15 is 0 Å². The Hall–Kier alpha value is -1.68. The SMILES string of the molecule is Cl.FC[C@H](c1c2ccccc2cc2ccccc12)N1CCNCC1. The highest BCUT2D eigenvalue weighted by molar-refractivity contribution is 6.02. The van der Waals surface area contributed by atoms with Crippen molar-refractivity contribution in [3.05, 3.63) is 60.2 Å². The van der Waals surface area contributed by atoms with Crippen molar-refractivity contribution in [1.82, 2.24) is 10.2 Å². The van der Waals surface area contributed by atoms with Crippen molar-refractivity contribution in [3.63, 3.8) is 0 Å². The van der Waals surface area contributed by atoms with E-state index in [2.05, 4.69) is 52.7 Å². The summed E-state index contributed by atoms with van der Waals surface area (Å²) in [7, 11) is 0. The van der Waals surface area contributed by atoms with Gasteiger partial charge in [0.05, 0.1) is 6.04 Å². The number of nitrogens with one attached hydrogen (secondary N) is 1. The minimum absolute atomic E-state index is 0. The largest absolute Gasteiger partial charge is 0.314 e. The zero-order valence-corrected chi connectivity index (χ0v) is 14.4. The number of benzene rings is 3. The van der Waals surface area contributed by atoms with Gasteiger partial charge in [-0.05, 0) is 33.2 Å². The number of piperazine rings is 1. The van der Waals surface area contributed by atoms with Gasteiger partial charge in [-0.2, -0.15) is 0 Å². The summed E-state index contributed by atoms with van der Waals surface area (Å²) in [5, 5.41) is 8.08. The van der Waals surface area contributed by atoms with Crippen molar-refractivity contribution >= 4 is 34.0 Å². The first kappa shape index (κ1) is 17.2. The molecule has 4 heteroatoms. The van der Waals surface area contributed by atoms with Crippen molar-refractivity contribution in [1.29, 1.82) is 0 Å². The maximum atomic E-state index is 14.1. The summed E-state index contributed by atoms with van der Waals surface area (Å²) < 4.78 is 14.1. The molecule has 1 heterocycles. The summed E-state index contributed by atoms with van der Waals surface area (Å²) in [5.74, 6) is 0. The van der Waals surface area contributed by atoms with Crippen LogP contribution in [0.3, 0.4) is 0 Å². The van der Waals surface area contributed by atoms with Crippen LogP contribution in [0.1, 0.15) is 11.6 Å². The molecule has 0 radical (unpaired) electrons. The fraction of sp³-hybridized carbons (Fsp3) is 0.300. The number of rotatable bonds is 3. The van der Waals surface area contributed by atoms with Crippen LogP contribution in [0.25, 0.3) is 21.5 Å². The molecule has 24 heavy (non-hydrogen) atoms. The third-order valence-corrected chi connectivity index (χ3v) is 4.88. The van der Waals surface area contributed by atoms with Crippen molar-refractivity contribution in [3.8, 4) is 0 Å². The fourth-order valence-corrected chi connectivity index (χ4v) is 3.76. The van der Waals surface area contributed by atoms with E-state index in [1.807, 2.05) is 12.1 Å². The first-order valence-corrected chi connectivity index (χ1v) is 8.29. The van der Waals surface area contributed by atoms with Crippen LogP contribution in [0.4, 0.5) is 4.39 Å². The highest BCUT2D eigenvalue weighted by Gasteiger charge is 2.25. The van der Waals surface area contributed by atoms with Crippen molar-refractivity contribution < 1.29 is 4.39 Å². The molecule has 0 aliphatic carbocycles. The average Bonchev–Trinajstić information content (AvgIpc) is 2.62. The van der Waals surface area contributed by atoms with E-state index in [4.69, 9.17) is 0 Å². The summed E-state index contributed by atoms with van der Waals surface area (Å²) in [6.07, 6.45) is 0. The lowest BCUT2D eigenvalue weighted by Crippen LogP contribution is -2.45. The van der Waals surface area contributed by atoms with Gasteiger partial charge < -0.3 is 5.32 Å². The maximum absolute atomic E-state index is 14.1. The Bertz CT molecular complexity index is 776. The molecule has 3 aromatic carbocycles. The highest BCUT2D eigenvalue weighted by Crippen LogP contribution is 2.35. The molecule has 0 amide bonds. The Labute approximate surface area is 148 Å². The summed E-state index contributed by atoms with van der Waals surface area (Å²) >= 11 is 0. The first-order valence-electron chi connectivity index (χ1n) is 8.29. The number of hydrogen-bond acceptors (Lipinski definition) is 2. The van der Waals surface area contributed by atoms with Crippen LogP contribution in [-0.4, -0.2) is 37.8 Å². The van der Waals surface area contributed by atoms with Gasteiger partial charge in [-0.25, -0.2) is 4.39 Å². The van der Waals surface area contributed by atoms with Crippen molar-refractivity contribution in [2.45, 2.75) is 6.04 Å². The first-order chi connectivity index (χ1) is 11.4. The zero-order chi connectivity index (χ0) is 15.6. The standard InChI is InChI=1S/C20H21FN2.ClH/c21-14-19(23-11-9-22-10-12-23)20-17-7-3-1-5-15(17)13-16-6-2-4-8-18(16)20;/h1-8,13,19,22H,9-12,14H2;1H/t19-;/m1./s1. The van der Waals surface area contributed by atoms with E-state index in [-0.39, 0.29) is 25.1 Å². The van der Waals surface area contributed by atoms with Gasteiger partial charge in [0.2, 0.25) is 0 Å². The van der Waals surface area contributed by atoms with E-state index in [0.29, 0.717) is 0 Å². The minimum Gasteiger partial charge on any atom is -0.314 e. The molecule has 2 nitrogen and oxygen atoms in total. The van der Waals surface area contributed by atoms with E-state index in [1.54, 1.807) is 0 Å². The van der Waals surface area contributed by atoms with E-state index < -0.39 is 0 Å². The molecule has 0 saturated carbocycles. The van der Waals surface area contributed by atoms with Crippen LogP contribution < -0.4 is 5.32 Å². The number of fused-ring (bicyclic) bond motifs is 2. The normalized spacial score (nSPS) is 16.9. The Morgan fingerprint density at radius 1 is 0.917 bits per heavy atom. The minimum atomic E-state index is -0.349. The Morgan fingerprint density at radius 3 is 2.00 bits per heavy atom. The van der Waals surface area contributed by atoms with Crippen LogP contribution in [0.15, 0.2) is 54.6 Å². The van der Waals surface area contributed by atoms with Crippen molar-refractivity contribution in [2.24, 2.45) is 0 Å².